The highest BCUT2D eigenvalue weighted by Crippen LogP contribution is 2.39. The standard InChI is InChI=1S/C32H35N11O6/c1-2-43-39-27(38-40-43)25-23(44)24(45)30(49-25)42-17-34-22-26(33-15-21(18-9-5-3-6-10-18)19-11-7-4-8-12-19)36-32(37-28(22)42)41-14-13-20(16-41)35-29(46)31(47)48/h3-12,17,20-21,23-25,30,44-45H,2,13-16H2,1H3,(H,35,46)(H,47,48)(H,33,36,37)/t20?,23-,24+,25-,30+/m0/s1. The van der Waals surface area contributed by atoms with Crippen LogP contribution < -0.4 is 15.5 Å². The fraction of sp³-hybridized carbons (Fsp3) is 0.375. The lowest BCUT2D eigenvalue weighted by molar-refractivity contribution is -0.150. The smallest absolute Gasteiger partial charge is 0.394 e. The zero-order chi connectivity index (χ0) is 34.1. The van der Waals surface area contributed by atoms with Gasteiger partial charge < -0.3 is 35.6 Å². The number of benzene rings is 2. The van der Waals surface area contributed by atoms with Gasteiger partial charge in [-0.25, -0.2) is 9.78 Å². The zero-order valence-electron chi connectivity index (χ0n) is 26.4. The van der Waals surface area contributed by atoms with E-state index in [1.807, 2.05) is 48.2 Å². The number of hydrogen-bond donors (Lipinski definition) is 5. The van der Waals surface area contributed by atoms with Crippen LogP contribution in [-0.4, -0.2) is 105 Å². The third kappa shape index (κ3) is 6.38. The molecule has 0 radical (unpaired) electrons. The Balaban J connectivity index is 1.24. The van der Waals surface area contributed by atoms with Crippen molar-refractivity contribution in [3.05, 3.63) is 83.9 Å². The summed E-state index contributed by atoms with van der Waals surface area (Å²) >= 11 is 0. The van der Waals surface area contributed by atoms with Crippen LogP contribution in [-0.2, 0) is 20.9 Å². The molecule has 254 valence electrons. The van der Waals surface area contributed by atoms with Crippen molar-refractivity contribution in [2.75, 3.05) is 29.9 Å². The fourth-order valence-corrected chi connectivity index (χ4v) is 6.27. The molecule has 0 bridgehead atoms. The molecule has 5 heterocycles. The third-order valence-electron chi connectivity index (χ3n) is 8.81. The maximum Gasteiger partial charge on any atom is 0.394 e. The summed E-state index contributed by atoms with van der Waals surface area (Å²) in [5.41, 5.74) is 2.93. The Bertz CT molecular complexity index is 1900. The molecule has 2 aliphatic heterocycles. The van der Waals surface area contributed by atoms with E-state index in [2.05, 4.69) is 55.3 Å². The quantitative estimate of drug-likeness (QED) is 0.130. The number of aliphatic hydroxyl groups is 2. The number of carbonyl (C=O) groups excluding carboxylic acids is 1. The molecule has 1 amide bonds. The highest BCUT2D eigenvalue weighted by molar-refractivity contribution is 6.31. The molecule has 2 fully saturated rings. The van der Waals surface area contributed by atoms with E-state index in [-0.39, 0.29) is 18.3 Å². The van der Waals surface area contributed by atoms with Gasteiger partial charge in [0.1, 0.15) is 12.2 Å². The van der Waals surface area contributed by atoms with E-state index in [1.54, 1.807) is 0 Å². The Morgan fingerprint density at radius 2 is 1.73 bits per heavy atom. The molecule has 3 aromatic heterocycles. The van der Waals surface area contributed by atoms with Crippen molar-refractivity contribution in [1.82, 2.24) is 45.0 Å². The van der Waals surface area contributed by atoms with Gasteiger partial charge in [-0.05, 0) is 29.7 Å². The highest BCUT2D eigenvalue weighted by atomic mass is 16.6. The molecule has 7 rings (SSSR count). The number of aryl methyl sites for hydroxylation is 1. The van der Waals surface area contributed by atoms with Crippen LogP contribution in [0.5, 0.6) is 0 Å². The number of aromatic nitrogens is 8. The van der Waals surface area contributed by atoms with Crippen LogP contribution >= 0.6 is 0 Å². The Kier molecular flexibility index (Phi) is 8.85. The summed E-state index contributed by atoms with van der Waals surface area (Å²) in [5.74, 6) is -1.81. The van der Waals surface area contributed by atoms with Crippen molar-refractivity contribution in [3.63, 3.8) is 0 Å². The molecule has 17 nitrogen and oxygen atoms in total. The Hall–Kier alpha value is -5.52. The largest absolute Gasteiger partial charge is 0.474 e. The number of nitrogens with one attached hydrogen (secondary N) is 2. The van der Waals surface area contributed by atoms with Crippen LogP contribution in [0.1, 0.15) is 48.5 Å². The summed E-state index contributed by atoms with van der Waals surface area (Å²) in [4.78, 5) is 40.5. The van der Waals surface area contributed by atoms with Crippen LogP contribution in [0.25, 0.3) is 11.2 Å². The second-order valence-electron chi connectivity index (χ2n) is 11.9. The molecule has 5 N–H and O–H groups in total. The van der Waals surface area contributed by atoms with Gasteiger partial charge >= 0.3 is 11.9 Å². The molecule has 0 spiro atoms. The van der Waals surface area contributed by atoms with E-state index in [9.17, 15) is 19.8 Å². The van der Waals surface area contributed by atoms with Gasteiger partial charge in [-0.1, -0.05) is 60.7 Å². The minimum atomic E-state index is -1.55. The number of carboxylic acids is 1. The van der Waals surface area contributed by atoms with E-state index in [1.165, 1.54) is 15.7 Å². The van der Waals surface area contributed by atoms with Gasteiger partial charge in [0.05, 0.1) is 12.9 Å². The number of fused-ring (bicyclic) bond motifs is 1. The first-order chi connectivity index (χ1) is 23.8. The summed E-state index contributed by atoms with van der Waals surface area (Å²) in [7, 11) is 0. The monoisotopic (exact) mass is 669 g/mol. The summed E-state index contributed by atoms with van der Waals surface area (Å²) in [6.07, 6.45) is -2.93. The minimum Gasteiger partial charge on any atom is -0.474 e. The first-order valence-corrected chi connectivity index (χ1v) is 16.0. The first-order valence-electron chi connectivity index (χ1n) is 16.0. The molecule has 0 aliphatic carbocycles. The van der Waals surface area contributed by atoms with Gasteiger partial charge in [0.2, 0.25) is 11.8 Å². The van der Waals surface area contributed by atoms with Crippen LogP contribution in [0.15, 0.2) is 67.0 Å². The summed E-state index contributed by atoms with van der Waals surface area (Å²) in [5, 5.41) is 49.4. The van der Waals surface area contributed by atoms with Gasteiger partial charge in [-0.15, -0.1) is 10.2 Å². The predicted molar refractivity (Wildman–Crippen MR) is 173 cm³/mol. The maximum absolute atomic E-state index is 11.9. The Morgan fingerprint density at radius 3 is 2.39 bits per heavy atom. The number of tetrazole rings is 1. The van der Waals surface area contributed by atoms with E-state index in [4.69, 9.17) is 19.8 Å². The number of imidazole rings is 1. The topological polar surface area (TPSA) is 219 Å². The zero-order valence-corrected chi connectivity index (χ0v) is 26.4. The van der Waals surface area contributed by atoms with Crippen molar-refractivity contribution in [2.45, 2.75) is 56.4 Å². The van der Waals surface area contributed by atoms with E-state index in [0.29, 0.717) is 49.0 Å². The van der Waals surface area contributed by atoms with E-state index >= 15 is 0 Å². The molecule has 2 saturated heterocycles. The summed E-state index contributed by atoms with van der Waals surface area (Å²) < 4.78 is 7.67. The molecule has 0 saturated carbocycles. The van der Waals surface area contributed by atoms with Gasteiger partial charge in [0, 0.05) is 31.6 Å². The molecule has 2 aromatic carbocycles. The van der Waals surface area contributed by atoms with Crippen molar-refractivity contribution in [1.29, 1.82) is 0 Å². The lowest BCUT2D eigenvalue weighted by atomic mass is 9.91. The second kappa shape index (κ2) is 13.5. The van der Waals surface area contributed by atoms with E-state index in [0.717, 1.165) is 11.1 Å². The number of rotatable bonds is 10. The van der Waals surface area contributed by atoms with Crippen molar-refractivity contribution >= 4 is 34.8 Å². The summed E-state index contributed by atoms with van der Waals surface area (Å²) in [6.45, 7) is 3.49. The van der Waals surface area contributed by atoms with E-state index < -0.39 is 42.5 Å². The molecular formula is C32H35N11O6. The van der Waals surface area contributed by atoms with Crippen LogP contribution in [0, 0.1) is 0 Å². The highest BCUT2D eigenvalue weighted by Gasteiger charge is 2.47. The first kappa shape index (κ1) is 32.0. The number of nitrogens with zero attached hydrogens (tertiary/aromatic N) is 9. The van der Waals surface area contributed by atoms with Crippen molar-refractivity contribution in [2.24, 2.45) is 0 Å². The van der Waals surface area contributed by atoms with Crippen LogP contribution in [0.3, 0.4) is 0 Å². The number of hydrogen-bond acceptors (Lipinski definition) is 13. The van der Waals surface area contributed by atoms with Crippen molar-refractivity contribution in [3.8, 4) is 0 Å². The van der Waals surface area contributed by atoms with Gasteiger partial charge in [0.25, 0.3) is 0 Å². The van der Waals surface area contributed by atoms with Gasteiger partial charge in [0.15, 0.2) is 29.3 Å². The number of carboxylic acid groups (broad SMARTS) is 1. The SMILES string of the molecule is CCn1nnc([C@H]2O[C@@H](n3cnc4c(NCC(c5ccccc5)c5ccccc5)nc(N5CCC(NC(=O)C(=O)O)C5)nc43)[C@H](O)[C@@H]2O)n1. The second-order valence-corrected chi connectivity index (χ2v) is 11.9. The molecule has 5 atom stereocenters. The molecule has 17 heteroatoms. The van der Waals surface area contributed by atoms with Crippen LogP contribution in [0.2, 0.25) is 0 Å². The summed E-state index contributed by atoms with van der Waals surface area (Å²) in [6, 6.07) is 19.8. The number of amides is 1. The Morgan fingerprint density at radius 1 is 1.02 bits per heavy atom. The Labute approximate surface area is 279 Å². The van der Waals surface area contributed by atoms with Gasteiger partial charge in [-0.2, -0.15) is 14.8 Å². The molecule has 5 aromatic rings. The molecule has 2 aliphatic rings. The average molecular weight is 670 g/mol. The molecule has 1 unspecified atom stereocenters. The number of aliphatic hydroxyl groups excluding tert-OH is 2. The molecular weight excluding hydrogens is 634 g/mol. The molecule has 49 heavy (non-hydrogen) atoms. The van der Waals surface area contributed by atoms with Crippen molar-refractivity contribution < 1.29 is 29.6 Å². The third-order valence-corrected chi connectivity index (χ3v) is 8.81. The minimum absolute atomic E-state index is 0.0414. The van der Waals surface area contributed by atoms with Crippen LogP contribution in [0.4, 0.5) is 11.8 Å². The lowest BCUT2D eigenvalue weighted by Crippen LogP contribution is -2.41. The lowest BCUT2D eigenvalue weighted by Gasteiger charge is -2.22. The normalized spacial score (nSPS) is 22.2. The van der Waals surface area contributed by atoms with Gasteiger partial charge in [-0.3, -0.25) is 9.36 Å². The predicted octanol–water partition coefficient (Wildman–Crippen LogP) is 0.848. The number of anilines is 2. The maximum atomic E-state index is 11.9. The fourth-order valence-electron chi connectivity index (χ4n) is 6.27. The number of aliphatic carboxylic acids is 1. The number of ether oxygens (including phenoxy) is 1. The average Bonchev–Trinajstić information content (AvgIpc) is 3.93. The number of carbonyl (C=O) groups is 2.